The fourth-order valence-corrected chi connectivity index (χ4v) is 5.31. The van der Waals surface area contributed by atoms with E-state index in [0.29, 0.717) is 37.2 Å². The summed E-state index contributed by atoms with van der Waals surface area (Å²) < 4.78 is 34.8. The van der Waals surface area contributed by atoms with E-state index < -0.39 is 16.1 Å². The molecule has 152 valence electrons. The molecule has 0 aliphatic carbocycles. The Morgan fingerprint density at radius 3 is 2.93 bits per heavy atom. The summed E-state index contributed by atoms with van der Waals surface area (Å²) in [6.45, 7) is 3.31. The van der Waals surface area contributed by atoms with Crippen LogP contribution in [-0.4, -0.2) is 54.4 Å². The van der Waals surface area contributed by atoms with Crippen molar-refractivity contribution in [3.8, 4) is 5.75 Å². The molecule has 1 amide bonds. The van der Waals surface area contributed by atoms with E-state index in [1.54, 1.807) is 31.6 Å². The van der Waals surface area contributed by atoms with Crippen LogP contribution < -0.4 is 10.1 Å². The highest BCUT2D eigenvalue weighted by atomic mass is 32.2. The summed E-state index contributed by atoms with van der Waals surface area (Å²) in [7, 11) is -2.29. The van der Waals surface area contributed by atoms with Gasteiger partial charge in [-0.05, 0) is 37.8 Å². The van der Waals surface area contributed by atoms with Crippen molar-refractivity contribution in [1.29, 1.82) is 0 Å². The van der Waals surface area contributed by atoms with Gasteiger partial charge in [0.2, 0.25) is 15.9 Å². The van der Waals surface area contributed by atoms with Gasteiger partial charge in [0, 0.05) is 38.1 Å². The van der Waals surface area contributed by atoms with Crippen LogP contribution in [0.3, 0.4) is 0 Å². The van der Waals surface area contributed by atoms with Crippen LogP contribution in [0.5, 0.6) is 5.75 Å². The molecule has 8 nitrogen and oxygen atoms in total. The van der Waals surface area contributed by atoms with E-state index in [-0.39, 0.29) is 10.8 Å². The van der Waals surface area contributed by atoms with E-state index in [2.05, 4.69) is 10.3 Å². The molecule has 3 rings (SSSR count). The maximum atomic E-state index is 13.2. The molecule has 0 radical (unpaired) electrons. The van der Waals surface area contributed by atoms with Crippen molar-refractivity contribution in [3.05, 3.63) is 42.5 Å². The van der Waals surface area contributed by atoms with Gasteiger partial charge in [-0.2, -0.15) is 4.31 Å². The van der Waals surface area contributed by atoms with Crippen molar-refractivity contribution >= 4 is 15.9 Å². The van der Waals surface area contributed by atoms with Gasteiger partial charge in [0.25, 0.3) is 0 Å². The zero-order chi connectivity index (χ0) is 20.1. The molecule has 28 heavy (non-hydrogen) atoms. The molecule has 1 N–H and O–H groups in total. The van der Waals surface area contributed by atoms with Gasteiger partial charge in [0.05, 0.1) is 18.3 Å². The Morgan fingerprint density at radius 2 is 2.21 bits per heavy atom. The highest BCUT2D eigenvalue weighted by molar-refractivity contribution is 7.89. The van der Waals surface area contributed by atoms with Crippen molar-refractivity contribution in [2.75, 3.05) is 20.2 Å². The number of hydrogen-bond donors (Lipinski definition) is 1. The number of imidazole rings is 1. The molecule has 0 saturated carbocycles. The number of methoxy groups -OCH3 is 1. The maximum Gasteiger partial charge on any atom is 0.244 e. The van der Waals surface area contributed by atoms with Crippen molar-refractivity contribution in [2.45, 2.75) is 43.7 Å². The molecule has 1 saturated heterocycles. The normalized spacial score (nSPS) is 17.6. The zero-order valence-corrected chi connectivity index (χ0v) is 17.0. The zero-order valence-electron chi connectivity index (χ0n) is 16.2. The minimum absolute atomic E-state index is 0.187. The van der Waals surface area contributed by atoms with Gasteiger partial charge in [0.1, 0.15) is 11.8 Å². The molecule has 0 spiro atoms. The third-order valence-corrected chi connectivity index (χ3v) is 6.99. The van der Waals surface area contributed by atoms with E-state index >= 15 is 0 Å². The Hall–Kier alpha value is -2.39. The molecular weight excluding hydrogens is 380 g/mol. The smallest absolute Gasteiger partial charge is 0.244 e. The number of nitrogens with one attached hydrogen (secondary N) is 1. The summed E-state index contributed by atoms with van der Waals surface area (Å²) in [5.41, 5.74) is 0.632. The molecule has 2 heterocycles. The molecular formula is C19H26N4O4S. The molecule has 1 aliphatic rings. The summed E-state index contributed by atoms with van der Waals surface area (Å²) >= 11 is 0. The second-order valence-corrected chi connectivity index (χ2v) is 8.71. The largest absolute Gasteiger partial charge is 0.497 e. The molecule has 1 aromatic carbocycles. The van der Waals surface area contributed by atoms with E-state index in [4.69, 9.17) is 4.74 Å². The minimum atomic E-state index is -3.78. The number of nitrogens with zero attached hydrogens (tertiary/aromatic N) is 3. The van der Waals surface area contributed by atoms with Crippen LogP contribution >= 0.6 is 0 Å². The molecule has 2 aromatic rings. The minimum Gasteiger partial charge on any atom is -0.497 e. The number of hydrogen-bond acceptors (Lipinski definition) is 5. The monoisotopic (exact) mass is 406 g/mol. The fourth-order valence-electron chi connectivity index (χ4n) is 3.41. The molecule has 1 fully saturated rings. The summed E-state index contributed by atoms with van der Waals surface area (Å²) in [6.07, 6.45) is 7.23. The second kappa shape index (κ2) is 8.74. The van der Waals surface area contributed by atoms with Gasteiger partial charge in [-0.15, -0.1) is 0 Å². The Kier molecular flexibility index (Phi) is 6.35. The van der Waals surface area contributed by atoms with Crippen molar-refractivity contribution in [3.63, 3.8) is 0 Å². The molecule has 0 bridgehead atoms. The lowest BCUT2D eigenvalue weighted by Gasteiger charge is -2.24. The summed E-state index contributed by atoms with van der Waals surface area (Å²) in [6, 6.07) is 4.28. The average molecular weight is 407 g/mol. The first-order valence-corrected chi connectivity index (χ1v) is 10.8. The van der Waals surface area contributed by atoms with E-state index in [1.807, 2.05) is 10.8 Å². The number of carbonyl (C=O) groups is 1. The Morgan fingerprint density at radius 1 is 1.39 bits per heavy atom. The SMILES string of the molecule is COc1ccc(C)c(S(=O)(=O)N2CCCC2C(=O)NCCCn2ccnc2)c1. The molecule has 1 aliphatic heterocycles. The second-order valence-electron chi connectivity index (χ2n) is 6.85. The Balaban J connectivity index is 1.66. The Labute approximate surface area is 165 Å². The van der Waals surface area contributed by atoms with Gasteiger partial charge in [-0.3, -0.25) is 4.79 Å². The topological polar surface area (TPSA) is 93.5 Å². The predicted molar refractivity (Wildman–Crippen MR) is 104 cm³/mol. The molecule has 1 unspecified atom stereocenters. The van der Waals surface area contributed by atoms with Crippen LogP contribution in [0.2, 0.25) is 0 Å². The van der Waals surface area contributed by atoms with Crippen LogP contribution in [-0.2, 0) is 21.4 Å². The maximum absolute atomic E-state index is 13.2. The van der Waals surface area contributed by atoms with Crippen LogP contribution in [0.4, 0.5) is 0 Å². The van der Waals surface area contributed by atoms with Crippen LogP contribution in [0.1, 0.15) is 24.8 Å². The first-order valence-electron chi connectivity index (χ1n) is 9.33. The Bertz CT molecular complexity index is 912. The summed E-state index contributed by atoms with van der Waals surface area (Å²) in [5.74, 6) is 0.233. The predicted octanol–water partition coefficient (Wildman–Crippen LogP) is 1.56. The van der Waals surface area contributed by atoms with Gasteiger partial charge < -0.3 is 14.6 Å². The molecule has 9 heteroatoms. The van der Waals surface area contributed by atoms with Gasteiger partial charge >= 0.3 is 0 Å². The number of rotatable bonds is 8. The van der Waals surface area contributed by atoms with Crippen molar-refractivity contribution in [2.24, 2.45) is 0 Å². The first kappa shape index (κ1) is 20.3. The van der Waals surface area contributed by atoms with Crippen molar-refractivity contribution in [1.82, 2.24) is 19.2 Å². The lowest BCUT2D eigenvalue weighted by atomic mass is 10.2. The number of aryl methyl sites for hydroxylation is 2. The van der Waals surface area contributed by atoms with E-state index in [0.717, 1.165) is 13.0 Å². The lowest BCUT2D eigenvalue weighted by molar-refractivity contribution is -0.124. The lowest BCUT2D eigenvalue weighted by Crippen LogP contribution is -2.46. The van der Waals surface area contributed by atoms with Crippen LogP contribution in [0.25, 0.3) is 0 Å². The number of benzene rings is 1. The van der Waals surface area contributed by atoms with Gasteiger partial charge in [0.15, 0.2) is 0 Å². The van der Waals surface area contributed by atoms with Crippen LogP contribution in [0.15, 0.2) is 41.8 Å². The van der Waals surface area contributed by atoms with Gasteiger partial charge in [-0.1, -0.05) is 6.07 Å². The van der Waals surface area contributed by atoms with Gasteiger partial charge in [-0.25, -0.2) is 13.4 Å². The number of aromatic nitrogens is 2. The first-order chi connectivity index (χ1) is 13.4. The van der Waals surface area contributed by atoms with Crippen molar-refractivity contribution < 1.29 is 17.9 Å². The molecule has 1 aromatic heterocycles. The number of sulfonamides is 1. The third-order valence-electron chi connectivity index (χ3n) is 4.94. The fraction of sp³-hybridized carbons (Fsp3) is 0.474. The quantitative estimate of drug-likeness (QED) is 0.672. The van der Waals surface area contributed by atoms with Crippen LogP contribution in [0, 0.1) is 6.92 Å². The van der Waals surface area contributed by atoms with E-state index in [1.165, 1.54) is 17.5 Å². The van der Waals surface area contributed by atoms with E-state index in [9.17, 15) is 13.2 Å². The summed E-state index contributed by atoms with van der Waals surface area (Å²) in [5, 5.41) is 2.87. The summed E-state index contributed by atoms with van der Waals surface area (Å²) in [4.78, 5) is 16.8. The number of carbonyl (C=O) groups excluding carboxylic acids is 1. The number of amides is 1. The highest BCUT2D eigenvalue weighted by Gasteiger charge is 2.40. The average Bonchev–Trinajstić information content (AvgIpc) is 3.37. The standard InChI is InChI=1S/C19H26N4O4S/c1-15-6-7-16(27-2)13-18(15)28(25,26)23-11-3-5-17(23)19(24)21-8-4-10-22-12-9-20-14-22/h6-7,9,12-14,17H,3-5,8,10-11H2,1-2H3,(H,21,24). The molecule has 1 atom stereocenters. The third kappa shape index (κ3) is 4.36. The number of ether oxygens (including phenoxy) is 1. The highest BCUT2D eigenvalue weighted by Crippen LogP contribution is 2.30.